The summed E-state index contributed by atoms with van der Waals surface area (Å²) in [6.07, 6.45) is 0.347. The molecule has 1 rings (SSSR count). The van der Waals surface area contributed by atoms with Crippen LogP contribution in [0.1, 0.15) is 0 Å². The Morgan fingerprint density at radius 1 is 1.60 bits per heavy atom. The van der Waals surface area contributed by atoms with E-state index in [1.54, 1.807) is 16.7 Å². The SMILES string of the molecule is CS(=O)(=O)C1CSCCN1CC(O)CO. The number of sulfone groups is 1. The van der Waals surface area contributed by atoms with E-state index in [1.807, 2.05) is 0 Å². The van der Waals surface area contributed by atoms with Gasteiger partial charge in [0.05, 0.1) is 12.7 Å². The highest BCUT2D eigenvalue weighted by atomic mass is 32.2. The summed E-state index contributed by atoms with van der Waals surface area (Å²) in [6, 6.07) is 0. The lowest BCUT2D eigenvalue weighted by Gasteiger charge is -2.34. The van der Waals surface area contributed by atoms with Gasteiger partial charge in [-0.3, -0.25) is 4.90 Å². The second-order valence-electron chi connectivity index (χ2n) is 3.69. The summed E-state index contributed by atoms with van der Waals surface area (Å²) in [4.78, 5) is 1.73. The Bertz CT molecular complexity index is 293. The number of nitrogens with zero attached hydrogens (tertiary/aromatic N) is 1. The lowest BCUT2D eigenvalue weighted by Crippen LogP contribution is -2.50. The molecule has 7 heteroatoms. The van der Waals surface area contributed by atoms with Crippen LogP contribution in [0.2, 0.25) is 0 Å². The Morgan fingerprint density at radius 3 is 2.80 bits per heavy atom. The molecule has 2 N–H and O–H groups in total. The summed E-state index contributed by atoms with van der Waals surface area (Å²) in [6.45, 7) is 0.522. The van der Waals surface area contributed by atoms with Crippen molar-refractivity contribution < 1.29 is 18.6 Å². The van der Waals surface area contributed by atoms with E-state index in [9.17, 15) is 13.5 Å². The monoisotopic (exact) mass is 255 g/mol. The van der Waals surface area contributed by atoms with E-state index in [0.29, 0.717) is 12.3 Å². The molecule has 90 valence electrons. The number of aliphatic hydroxyl groups excluding tert-OH is 2. The van der Waals surface area contributed by atoms with Crippen LogP contribution >= 0.6 is 11.8 Å². The summed E-state index contributed by atoms with van der Waals surface area (Å²) in [5.41, 5.74) is 0. The minimum Gasteiger partial charge on any atom is -0.394 e. The van der Waals surface area contributed by atoms with Crippen LogP contribution in [0.15, 0.2) is 0 Å². The van der Waals surface area contributed by atoms with Gasteiger partial charge >= 0.3 is 0 Å². The minimum atomic E-state index is -3.12. The molecular formula is C8H17NO4S2. The highest BCUT2D eigenvalue weighted by molar-refractivity contribution is 8.00. The number of rotatable bonds is 4. The fourth-order valence-corrected chi connectivity index (χ4v) is 4.50. The molecule has 1 aliphatic rings. The highest BCUT2D eigenvalue weighted by Gasteiger charge is 2.31. The summed E-state index contributed by atoms with van der Waals surface area (Å²) in [5, 5.41) is 17.5. The minimum absolute atomic E-state index is 0.217. The number of aliphatic hydroxyl groups is 2. The predicted molar refractivity (Wildman–Crippen MR) is 60.6 cm³/mol. The van der Waals surface area contributed by atoms with Gasteiger partial charge in [0.25, 0.3) is 0 Å². The van der Waals surface area contributed by atoms with Crippen LogP contribution < -0.4 is 0 Å². The Hall–Kier alpha value is 0.180. The van der Waals surface area contributed by atoms with Crippen molar-refractivity contribution in [3.05, 3.63) is 0 Å². The predicted octanol–water partition coefficient (Wildman–Crippen LogP) is -1.24. The van der Waals surface area contributed by atoms with Crippen LogP contribution in [0.25, 0.3) is 0 Å². The van der Waals surface area contributed by atoms with Gasteiger partial charge in [0.15, 0.2) is 9.84 Å². The second-order valence-corrected chi connectivity index (χ2v) is 7.04. The summed E-state index contributed by atoms with van der Waals surface area (Å²) < 4.78 is 22.9. The Labute approximate surface area is 94.4 Å². The molecule has 0 aromatic heterocycles. The largest absolute Gasteiger partial charge is 0.394 e. The highest BCUT2D eigenvalue weighted by Crippen LogP contribution is 2.20. The quantitative estimate of drug-likeness (QED) is 0.654. The van der Waals surface area contributed by atoms with Gasteiger partial charge in [-0.05, 0) is 0 Å². The molecule has 0 amide bonds. The van der Waals surface area contributed by atoms with Crippen molar-refractivity contribution in [1.29, 1.82) is 0 Å². The lowest BCUT2D eigenvalue weighted by atomic mass is 10.3. The molecule has 0 spiro atoms. The van der Waals surface area contributed by atoms with Crippen LogP contribution in [-0.2, 0) is 9.84 Å². The third-order valence-electron chi connectivity index (χ3n) is 2.34. The summed E-state index contributed by atoms with van der Waals surface area (Å²) in [5.74, 6) is 1.40. The normalized spacial score (nSPS) is 26.5. The van der Waals surface area contributed by atoms with Crippen molar-refractivity contribution >= 4 is 21.6 Å². The lowest BCUT2D eigenvalue weighted by molar-refractivity contribution is 0.0580. The van der Waals surface area contributed by atoms with Crippen molar-refractivity contribution in [2.75, 3.05) is 37.5 Å². The molecule has 2 unspecified atom stereocenters. The van der Waals surface area contributed by atoms with Gasteiger partial charge in [0.2, 0.25) is 0 Å². The molecular weight excluding hydrogens is 238 g/mol. The average molecular weight is 255 g/mol. The van der Waals surface area contributed by atoms with Gasteiger partial charge in [-0.1, -0.05) is 0 Å². The molecule has 15 heavy (non-hydrogen) atoms. The first-order chi connectivity index (χ1) is 6.95. The van der Waals surface area contributed by atoms with Crippen LogP contribution in [0.3, 0.4) is 0 Å². The summed E-state index contributed by atoms with van der Waals surface area (Å²) in [7, 11) is -3.12. The molecule has 1 aliphatic heterocycles. The van der Waals surface area contributed by atoms with Gasteiger partial charge in [-0.25, -0.2) is 8.42 Å². The van der Waals surface area contributed by atoms with Gasteiger partial charge in [0, 0.05) is 30.9 Å². The topological polar surface area (TPSA) is 77.8 Å². The van der Waals surface area contributed by atoms with Crippen LogP contribution in [0, 0.1) is 0 Å². The first-order valence-electron chi connectivity index (χ1n) is 4.74. The zero-order valence-electron chi connectivity index (χ0n) is 8.66. The van der Waals surface area contributed by atoms with Crippen LogP contribution in [0.4, 0.5) is 0 Å². The molecule has 0 bridgehead atoms. The maximum atomic E-state index is 11.5. The number of hydrogen-bond donors (Lipinski definition) is 2. The molecule has 0 aromatic carbocycles. The molecule has 1 saturated heterocycles. The fourth-order valence-electron chi connectivity index (χ4n) is 1.55. The number of β-amino-alcohol motifs (C(OH)–C–C–N with tert-alkyl or cyclic N) is 1. The van der Waals surface area contributed by atoms with Gasteiger partial charge in [-0.15, -0.1) is 0 Å². The van der Waals surface area contributed by atoms with Gasteiger partial charge in [0.1, 0.15) is 5.37 Å². The Balaban J connectivity index is 2.66. The number of thioether (sulfide) groups is 1. The molecule has 1 fully saturated rings. The maximum Gasteiger partial charge on any atom is 0.164 e. The van der Waals surface area contributed by atoms with E-state index < -0.39 is 21.3 Å². The number of hydrogen-bond acceptors (Lipinski definition) is 6. The van der Waals surface area contributed by atoms with Gasteiger partial charge in [-0.2, -0.15) is 11.8 Å². The van der Waals surface area contributed by atoms with E-state index in [4.69, 9.17) is 5.11 Å². The smallest absolute Gasteiger partial charge is 0.164 e. The summed E-state index contributed by atoms with van der Waals surface area (Å²) >= 11 is 1.60. The van der Waals surface area contributed by atoms with E-state index in [-0.39, 0.29) is 13.2 Å². The zero-order valence-corrected chi connectivity index (χ0v) is 10.3. The molecule has 0 aliphatic carbocycles. The van der Waals surface area contributed by atoms with Crippen molar-refractivity contribution in [3.63, 3.8) is 0 Å². The first kappa shape index (κ1) is 13.2. The van der Waals surface area contributed by atoms with Crippen LogP contribution in [-0.4, -0.2) is 72.5 Å². The Kier molecular flexibility index (Phi) is 4.85. The molecule has 5 nitrogen and oxygen atoms in total. The maximum absolute atomic E-state index is 11.5. The molecule has 2 atom stereocenters. The van der Waals surface area contributed by atoms with E-state index >= 15 is 0 Å². The van der Waals surface area contributed by atoms with Crippen molar-refractivity contribution in [2.45, 2.75) is 11.5 Å². The zero-order chi connectivity index (χ0) is 11.5. The molecule has 0 aromatic rings. The van der Waals surface area contributed by atoms with E-state index in [0.717, 1.165) is 5.75 Å². The van der Waals surface area contributed by atoms with E-state index in [2.05, 4.69) is 0 Å². The van der Waals surface area contributed by atoms with E-state index in [1.165, 1.54) is 6.26 Å². The third kappa shape index (κ3) is 3.92. The van der Waals surface area contributed by atoms with Crippen molar-refractivity contribution in [1.82, 2.24) is 4.90 Å². The fraction of sp³-hybridized carbons (Fsp3) is 1.00. The van der Waals surface area contributed by atoms with Crippen LogP contribution in [0.5, 0.6) is 0 Å². The third-order valence-corrected chi connectivity index (χ3v) is 5.03. The van der Waals surface area contributed by atoms with Gasteiger partial charge < -0.3 is 10.2 Å². The average Bonchev–Trinajstić information content (AvgIpc) is 2.17. The molecule has 0 radical (unpaired) electrons. The molecule has 1 heterocycles. The Morgan fingerprint density at radius 2 is 2.27 bits per heavy atom. The molecule has 0 saturated carbocycles. The first-order valence-corrected chi connectivity index (χ1v) is 7.85. The van der Waals surface area contributed by atoms with Crippen molar-refractivity contribution in [2.24, 2.45) is 0 Å². The second kappa shape index (κ2) is 5.49. The van der Waals surface area contributed by atoms with Crippen molar-refractivity contribution in [3.8, 4) is 0 Å². The standard InChI is InChI=1S/C8H17NO4S2/c1-15(12,13)8-6-14-3-2-9(8)4-7(11)5-10/h7-8,10-11H,2-6H2,1H3.